The molecule has 0 saturated heterocycles. The van der Waals surface area contributed by atoms with Crippen LogP contribution in [0.5, 0.6) is 11.5 Å². The van der Waals surface area contributed by atoms with Gasteiger partial charge < -0.3 is 24.1 Å². The number of nitrogens with one attached hydrogen (secondary N) is 1. The summed E-state index contributed by atoms with van der Waals surface area (Å²) in [5, 5.41) is 3.76. The van der Waals surface area contributed by atoms with Gasteiger partial charge in [-0.2, -0.15) is 0 Å². The van der Waals surface area contributed by atoms with Gasteiger partial charge in [-0.25, -0.2) is 4.79 Å². The highest BCUT2D eigenvalue weighted by Crippen LogP contribution is 2.24. The third kappa shape index (κ3) is 5.46. The zero-order valence-corrected chi connectivity index (χ0v) is 18.3. The van der Waals surface area contributed by atoms with Crippen LogP contribution in [-0.4, -0.2) is 36.3 Å². The molecule has 8 nitrogen and oxygen atoms in total. The fourth-order valence-electron chi connectivity index (χ4n) is 3.17. The number of hydrogen-bond acceptors (Lipinski definition) is 6. The minimum Gasteiger partial charge on any atom is -0.497 e. The van der Waals surface area contributed by atoms with Gasteiger partial charge in [0, 0.05) is 18.1 Å². The summed E-state index contributed by atoms with van der Waals surface area (Å²) >= 11 is 0. The van der Waals surface area contributed by atoms with Crippen LogP contribution in [0.15, 0.2) is 59.5 Å². The second-order valence-electron chi connectivity index (χ2n) is 7.10. The fourth-order valence-corrected chi connectivity index (χ4v) is 3.17. The zero-order chi connectivity index (χ0) is 23.1. The van der Waals surface area contributed by atoms with E-state index in [9.17, 15) is 14.4 Å². The van der Waals surface area contributed by atoms with Gasteiger partial charge in [0.25, 0.3) is 5.56 Å². The summed E-state index contributed by atoms with van der Waals surface area (Å²) in [6, 6.07) is 14.1. The molecule has 168 valence electrons. The lowest BCUT2D eigenvalue weighted by Crippen LogP contribution is -2.32. The molecule has 0 aliphatic carbocycles. The van der Waals surface area contributed by atoms with Crippen molar-refractivity contribution < 1.29 is 23.8 Å². The lowest BCUT2D eigenvalue weighted by molar-refractivity contribution is -0.150. The molecule has 0 aliphatic rings. The molecule has 0 spiro atoms. The summed E-state index contributed by atoms with van der Waals surface area (Å²) in [6.07, 6.45) is 0.728. The summed E-state index contributed by atoms with van der Waals surface area (Å²) in [5.74, 6) is 0.371. The molecule has 2 aromatic carbocycles. The second kappa shape index (κ2) is 10.5. The predicted octanol–water partition coefficient (Wildman–Crippen LogP) is 2.66. The highest BCUT2D eigenvalue weighted by atomic mass is 16.6. The van der Waals surface area contributed by atoms with E-state index in [1.54, 1.807) is 51.4 Å². The maximum atomic E-state index is 12.9. The first kappa shape index (κ1) is 22.9. The number of fused-ring (bicyclic) bond motifs is 1. The van der Waals surface area contributed by atoms with Crippen molar-refractivity contribution in [1.29, 1.82) is 0 Å². The molecular weight excluding hydrogens is 412 g/mol. The Bertz CT molecular complexity index is 1150. The first-order valence-corrected chi connectivity index (χ1v) is 10.3. The Morgan fingerprint density at radius 1 is 1.06 bits per heavy atom. The van der Waals surface area contributed by atoms with Gasteiger partial charge in [-0.3, -0.25) is 9.59 Å². The molecule has 32 heavy (non-hydrogen) atoms. The molecule has 1 N–H and O–H groups in total. The fraction of sp³-hybridized carbons (Fsp3) is 0.292. The number of pyridine rings is 1. The number of amides is 1. The Hall–Kier alpha value is -3.81. The molecule has 0 saturated carbocycles. The van der Waals surface area contributed by atoms with Crippen molar-refractivity contribution in [2.75, 3.05) is 13.7 Å². The van der Waals surface area contributed by atoms with Gasteiger partial charge in [-0.1, -0.05) is 18.2 Å². The Labute approximate surface area is 185 Å². The summed E-state index contributed by atoms with van der Waals surface area (Å²) in [6.45, 7) is 3.79. The normalized spacial score (nSPS) is 11.6. The van der Waals surface area contributed by atoms with E-state index < -0.39 is 12.1 Å². The van der Waals surface area contributed by atoms with Gasteiger partial charge >= 0.3 is 5.97 Å². The molecule has 3 aromatic rings. The van der Waals surface area contributed by atoms with Crippen LogP contribution in [-0.2, 0) is 27.4 Å². The molecule has 8 heteroatoms. The highest BCUT2D eigenvalue weighted by molar-refractivity contribution is 5.88. The van der Waals surface area contributed by atoms with Crippen molar-refractivity contribution >= 4 is 22.6 Å². The maximum Gasteiger partial charge on any atom is 0.347 e. The molecule has 1 heterocycles. The van der Waals surface area contributed by atoms with E-state index in [1.165, 1.54) is 4.57 Å². The third-order valence-electron chi connectivity index (χ3n) is 4.86. The summed E-state index contributed by atoms with van der Waals surface area (Å²) in [7, 11) is 1.59. The van der Waals surface area contributed by atoms with E-state index in [0.29, 0.717) is 23.1 Å². The largest absolute Gasteiger partial charge is 0.497 e. The number of methoxy groups -OCH3 is 1. The average Bonchev–Trinajstić information content (AvgIpc) is 2.80. The molecule has 3 rings (SSSR count). The van der Waals surface area contributed by atoms with Crippen LogP contribution in [0, 0.1) is 0 Å². The monoisotopic (exact) mass is 438 g/mol. The smallest absolute Gasteiger partial charge is 0.347 e. The lowest BCUT2D eigenvalue weighted by Gasteiger charge is -2.15. The van der Waals surface area contributed by atoms with E-state index in [2.05, 4.69) is 5.32 Å². The minimum absolute atomic E-state index is 0.116. The number of aromatic nitrogens is 1. The number of nitrogens with zero attached hydrogens (tertiary/aromatic N) is 1. The van der Waals surface area contributed by atoms with E-state index >= 15 is 0 Å². The number of ether oxygens (including phenoxy) is 3. The Kier molecular flexibility index (Phi) is 7.49. The van der Waals surface area contributed by atoms with E-state index in [4.69, 9.17) is 14.2 Å². The predicted molar refractivity (Wildman–Crippen MR) is 120 cm³/mol. The van der Waals surface area contributed by atoms with Gasteiger partial charge in [0.05, 0.1) is 19.1 Å². The molecular formula is C24H26N2O6. The summed E-state index contributed by atoms with van der Waals surface area (Å²) < 4.78 is 17.1. The summed E-state index contributed by atoms with van der Waals surface area (Å²) in [4.78, 5) is 37.1. The number of rotatable bonds is 9. The van der Waals surface area contributed by atoms with E-state index in [1.807, 2.05) is 24.3 Å². The van der Waals surface area contributed by atoms with Crippen molar-refractivity contribution in [2.45, 2.75) is 33.0 Å². The van der Waals surface area contributed by atoms with Crippen molar-refractivity contribution in [3.8, 4) is 11.5 Å². The topological polar surface area (TPSA) is 95.9 Å². The molecule has 0 bridgehead atoms. The minimum atomic E-state index is -0.813. The van der Waals surface area contributed by atoms with Crippen LogP contribution >= 0.6 is 0 Å². The van der Waals surface area contributed by atoms with Crippen LogP contribution < -0.4 is 20.3 Å². The van der Waals surface area contributed by atoms with Crippen LogP contribution in [0.3, 0.4) is 0 Å². The van der Waals surface area contributed by atoms with Crippen LogP contribution in [0.4, 0.5) is 0 Å². The van der Waals surface area contributed by atoms with Crippen LogP contribution in [0.1, 0.15) is 19.4 Å². The Morgan fingerprint density at radius 3 is 2.50 bits per heavy atom. The van der Waals surface area contributed by atoms with Crippen molar-refractivity contribution in [3.63, 3.8) is 0 Å². The van der Waals surface area contributed by atoms with E-state index in [0.717, 1.165) is 11.3 Å². The zero-order valence-electron chi connectivity index (χ0n) is 18.3. The first-order chi connectivity index (χ1) is 15.4. The van der Waals surface area contributed by atoms with Crippen molar-refractivity contribution in [3.05, 3.63) is 70.6 Å². The standard InChI is InChI=1S/C24H26N2O6/c1-4-31-24(29)16(2)32-21-7-5-6-20-19(21)12-13-26(23(20)28)15-22(27)25-14-17-8-10-18(30-3)11-9-17/h5-13,16H,4,14-15H2,1-3H3,(H,25,27). The molecule has 0 fully saturated rings. The molecule has 0 radical (unpaired) electrons. The van der Waals surface area contributed by atoms with Gasteiger partial charge in [0.1, 0.15) is 18.0 Å². The molecule has 1 unspecified atom stereocenters. The van der Waals surface area contributed by atoms with Gasteiger partial charge in [0.2, 0.25) is 5.91 Å². The van der Waals surface area contributed by atoms with Crippen LogP contribution in [0.25, 0.3) is 10.8 Å². The SMILES string of the molecule is CCOC(=O)C(C)Oc1cccc2c(=O)n(CC(=O)NCc3ccc(OC)cc3)ccc12. The highest BCUT2D eigenvalue weighted by Gasteiger charge is 2.18. The third-order valence-corrected chi connectivity index (χ3v) is 4.86. The van der Waals surface area contributed by atoms with Crippen molar-refractivity contribution in [2.24, 2.45) is 0 Å². The molecule has 0 aliphatic heterocycles. The number of hydrogen-bond donors (Lipinski definition) is 1. The van der Waals surface area contributed by atoms with Crippen LogP contribution in [0.2, 0.25) is 0 Å². The van der Waals surface area contributed by atoms with Gasteiger partial charge in [-0.05, 0) is 49.7 Å². The molecule has 1 aromatic heterocycles. The molecule has 1 amide bonds. The Morgan fingerprint density at radius 2 is 1.81 bits per heavy atom. The number of esters is 1. The maximum absolute atomic E-state index is 12.9. The average molecular weight is 438 g/mol. The number of carbonyl (C=O) groups is 2. The molecule has 1 atom stereocenters. The number of benzene rings is 2. The Balaban J connectivity index is 1.71. The summed E-state index contributed by atoms with van der Waals surface area (Å²) in [5.41, 5.74) is 0.596. The second-order valence-corrected chi connectivity index (χ2v) is 7.10. The van der Waals surface area contributed by atoms with E-state index in [-0.39, 0.29) is 24.6 Å². The van der Waals surface area contributed by atoms with Gasteiger partial charge in [-0.15, -0.1) is 0 Å². The van der Waals surface area contributed by atoms with Crippen molar-refractivity contribution in [1.82, 2.24) is 9.88 Å². The number of carbonyl (C=O) groups excluding carboxylic acids is 2. The quantitative estimate of drug-likeness (QED) is 0.516. The van der Waals surface area contributed by atoms with Gasteiger partial charge in [0.15, 0.2) is 6.10 Å². The lowest BCUT2D eigenvalue weighted by atomic mass is 10.1. The first-order valence-electron chi connectivity index (χ1n) is 10.3.